The van der Waals surface area contributed by atoms with E-state index in [2.05, 4.69) is 54.6 Å². The number of benzene rings is 4. The number of hydrazone groups is 1. The van der Waals surface area contributed by atoms with Gasteiger partial charge in [-0.2, -0.15) is 5.10 Å². The molecule has 0 N–H and O–H groups in total. The van der Waals surface area contributed by atoms with Crippen LogP contribution >= 0.6 is 23.1 Å². The maximum Gasteiger partial charge on any atom is 0.299 e. The molecule has 0 amide bonds. The zero-order valence-corrected chi connectivity index (χ0v) is 21.5. The third-order valence-electron chi connectivity index (χ3n) is 5.49. The van der Waals surface area contributed by atoms with Crippen LogP contribution in [-0.2, 0) is 0 Å². The maximum atomic E-state index is 4.99. The lowest BCUT2D eigenvalue weighted by atomic mass is 10.2. The first-order valence-electron chi connectivity index (χ1n) is 11.3. The first-order chi connectivity index (χ1) is 17.3. The van der Waals surface area contributed by atoms with Crippen molar-refractivity contribution in [2.45, 2.75) is 0 Å². The number of thioether (sulfide) groups is 1. The molecule has 2 heterocycles. The summed E-state index contributed by atoms with van der Waals surface area (Å²) in [6.07, 6.45) is 2.19. The highest BCUT2D eigenvalue weighted by Crippen LogP contribution is 2.38. The second-order valence-electron chi connectivity index (χ2n) is 7.86. The number of anilines is 1. The van der Waals surface area contributed by atoms with Crippen LogP contribution in [0.1, 0.15) is 10.6 Å². The summed E-state index contributed by atoms with van der Waals surface area (Å²) < 4.78 is 2.02. The molecule has 36 heavy (non-hydrogen) atoms. The Bertz CT molecular complexity index is 1500. The van der Waals surface area contributed by atoms with E-state index in [4.69, 9.17) is 10.2 Å². The van der Waals surface area contributed by atoms with Crippen LogP contribution in [-0.4, -0.2) is 10.1 Å². The zero-order valence-electron chi connectivity index (χ0n) is 19.1. The fourth-order valence-electron chi connectivity index (χ4n) is 3.80. The third kappa shape index (κ3) is 4.97. The summed E-state index contributed by atoms with van der Waals surface area (Å²) >= 11 is 3.35. The van der Waals surface area contributed by atoms with Crippen molar-refractivity contribution in [2.24, 2.45) is 5.10 Å². The number of hydrogen-bond donors (Lipinski definition) is 0. The van der Waals surface area contributed by atoms with E-state index in [1.807, 2.05) is 82.5 Å². The van der Waals surface area contributed by atoms with E-state index in [-0.39, 0.29) is 12.4 Å². The Morgan fingerprint density at radius 1 is 0.667 bits per heavy atom. The van der Waals surface area contributed by atoms with Crippen LogP contribution in [0, 0.1) is 0 Å². The minimum Gasteiger partial charge on any atom is -1.00 e. The van der Waals surface area contributed by atoms with E-state index in [0.717, 1.165) is 42.6 Å². The molecular weight excluding hydrogens is 504 g/mol. The SMILES string of the molecule is C(=C1/SC(c2ccccc2)=NN1c1ccccc1)/c1sc(-c2ccccc2)n[n+]1-c1ccccc1.[Cl-]. The summed E-state index contributed by atoms with van der Waals surface area (Å²) in [6, 6.07) is 41.2. The average Bonchev–Trinajstić information content (AvgIpc) is 3.56. The monoisotopic (exact) mass is 524 g/mol. The van der Waals surface area contributed by atoms with Crippen molar-refractivity contribution >= 4 is 39.9 Å². The van der Waals surface area contributed by atoms with E-state index in [1.54, 1.807) is 23.1 Å². The average molecular weight is 525 g/mol. The van der Waals surface area contributed by atoms with Crippen LogP contribution in [0.2, 0.25) is 0 Å². The van der Waals surface area contributed by atoms with Crippen molar-refractivity contribution in [3.05, 3.63) is 137 Å². The molecule has 0 unspecified atom stereocenters. The van der Waals surface area contributed by atoms with E-state index in [9.17, 15) is 0 Å². The molecule has 0 atom stereocenters. The quantitative estimate of drug-likeness (QED) is 0.326. The van der Waals surface area contributed by atoms with E-state index in [0.29, 0.717) is 0 Å². The smallest absolute Gasteiger partial charge is 0.299 e. The minimum atomic E-state index is 0. The molecule has 0 radical (unpaired) electrons. The summed E-state index contributed by atoms with van der Waals surface area (Å²) in [4.78, 5) is 0. The number of para-hydroxylation sites is 2. The molecule has 1 aromatic heterocycles. The molecule has 1 aliphatic heterocycles. The molecule has 4 aromatic carbocycles. The molecule has 0 aliphatic carbocycles. The Hall–Kier alpha value is -3.71. The summed E-state index contributed by atoms with van der Waals surface area (Å²) in [6.45, 7) is 0. The maximum absolute atomic E-state index is 4.99. The molecule has 0 fully saturated rings. The Morgan fingerprint density at radius 2 is 1.22 bits per heavy atom. The summed E-state index contributed by atoms with van der Waals surface area (Å²) in [5.41, 5.74) is 4.26. The summed E-state index contributed by atoms with van der Waals surface area (Å²) in [7, 11) is 0. The van der Waals surface area contributed by atoms with Gasteiger partial charge in [-0.05, 0) is 39.9 Å². The molecule has 6 rings (SSSR count). The number of aromatic nitrogens is 2. The van der Waals surface area contributed by atoms with Gasteiger partial charge in [0.2, 0.25) is 5.69 Å². The molecule has 0 saturated carbocycles. The molecule has 0 bridgehead atoms. The fraction of sp³-hybridized carbons (Fsp3) is 0. The van der Waals surface area contributed by atoms with E-state index >= 15 is 0 Å². The van der Waals surface area contributed by atoms with Gasteiger partial charge in [-0.1, -0.05) is 97.1 Å². The van der Waals surface area contributed by atoms with Gasteiger partial charge in [0.15, 0.2) is 5.01 Å². The second-order valence-corrected chi connectivity index (χ2v) is 9.88. The van der Waals surface area contributed by atoms with Gasteiger partial charge in [-0.25, -0.2) is 5.01 Å². The highest BCUT2D eigenvalue weighted by Gasteiger charge is 2.28. The van der Waals surface area contributed by atoms with Gasteiger partial charge in [0.1, 0.15) is 10.1 Å². The predicted molar refractivity (Wildman–Crippen MR) is 147 cm³/mol. The zero-order chi connectivity index (χ0) is 23.5. The van der Waals surface area contributed by atoms with Gasteiger partial charge in [0.05, 0.1) is 11.8 Å². The van der Waals surface area contributed by atoms with Crippen molar-refractivity contribution in [1.82, 2.24) is 5.10 Å². The van der Waals surface area contributed by atoms with Crippen LogP contribution < -0.4 is 22.1 Å². The van der Waals surface area contributed by atoms with Gasteiger partial charge in [0, 0.05) is 28.4 Å². The molecule has 0 spiro atoms. The fourth-order valence-corrected chi connectivity index (χ4v) is 5.83. The summed E-state index contributed by atoms with van der Waals surface area (Å²) in [5, 5.41) is 16.0. The normalized spacial score (nSPS) is 13.9. The van der Waals surface area contributed by atoms with Crippen molar-refractivity contribution in [3.8, 4) is 16.3 Å². The van der Waals surface area contributed by atoms with Gasteiger partial charge in [-0.15, -0.1) is 0 Å². The first-order valence-corrected chi connectivity index (χ1v) is 12.9. The highest BCUT2D eigenvalue weighted by molar-refractivity contribution is 8.18. The molecule has 0 saturated heterocycles. The Balaban J connectivity index is 0.00000267. The van der Waals surface area contributed by atoms with Crippen LogP contribution in [0.3, 0.4) is 0 Å². The lowest BCUT2D eigenvalue weighted by molar-refractivity contribution is -0.654. The van der Waals surface area contributed by atoms with Crippen molar-refractivity contribution in [1.29, 1.82) is 0 Å². The first kappa shape index (κ1) is 24.0. The van der Waals surface area contributed by atoms with Gasteiger partial charge in [-0.3, -0.25) is 0 Å². The van der Waals surface area contributed by atoms with Gasteiger partial charge >= 0.3 is 0 Å². The third-order valence-corrected chi connectivity index (χ3v) is 7.51. The molecule has 4 nitrogen and oxygen atoms in total. The number of halogens is 1. The van der Waals surface area contributed by atoms with Crippen molar-refractivity contribution < 1.29 is 17.1 Å². The topological polar surface area (TPSA) is 32.4 Å². The molecular formula is C29H21ClN4S2. The number of rotatable bonds is 5. The Kier molecular flexibility index (Phi) is 7.28. The molecule has 176 valence electrons. The standard InChI is InChI=1S/C29H21N4S2.ClH/c1-5-13-22(14-6-1)28-30-32(24-17-9-3-10-18-24)26(34-28)21-27-33(25-19-11-4-12-20-25)31-29(35-27)23-15-7-2-8-16-23;/h1-21H;1H/q+1;/p-1. The Labute approximate surface area is 224 Å². The summed E-state index contributed by atoms with van der Waals surface area (Å²) in [5.74, 6) is 0. The highest BCUT2D eigenvalue weighted by atomic mass is 35.5. The lowest BCUT2D eigenvalue weighted by Crippen LogP contribution is -3.00. The largest absolute Gasteiger partial charge is 1.00 e. The van der Waals surface area contributed by atoms with Crippen LogP contribution in [0.4, 0.5) is 5.69 Å². The van der Waals surface area contributed by atoms with Crippen LogP contribution in [0.25, 0.3) is 22.3 Å². The van der Waals surface area contributed by atoms with Crippen molar-refractivity contribution in [3.63, 3.8) is 0 Å². The van der Waals surface area contributed by atoms with Gasteiger partial charge in [0.25, 0.3) is 5.01 Å². The van der Waals surface area contributed by atoms with E-state index < -0.39 is 0 Å². The van der Waals surface area contributed by atoms with Crippen molar-refractivity contribution in [2.75, 3.05) is 5.01 Å². The number of hydrogen-bond acceptors (Lipinski definition) is 5. The second kappa shape index (κ2) is 10.9. The van der Waals surface area contributed by atoms with Crippen LogP contribution in [0.5, 0.6) is 0 Å². The Morgan fingerprint density at radius 3 is 1.86 bits per heavy atom. The molecule has 7 heteroatoms. The minimum absolute atomic E-state index is 0. The number of nitrogens with zero attached hydrogens (tertiary/aromatic N) is 4. The predicted octanol–water partition coefficient (Wildman–Crippen LogP) is 4.00. The van der Waals surface area contributed by atoms with Gasteiger partial charge < -0.3 is 12.4 Å². The lowest BCUT2D eigenvalue weighted by Gasteiger charge is -2.14. The van der Waals surface area contributed by atoms with E-state index in [1.165, 1.54) is 0 Å². The molecule has 5 aromatic rings. The van der Waals surface area contributed by atoms with Crippen LogP contribution in [0.15, 0.2) is 131 Å². The molecule has 1 aliphatic rings.